The number of pyridine rings is 2. The first-order chi connectivity index (χ1) is 12.3. The lowest BCUT2D eigenvalue weighted by Crippen LogP contribution is -1.94. The summed E-state index contributed by atoms with van der Waals surface area (Å²) in [4.78, 5) is 8.59. The molecule has 3 aromatic heterocycles. The molecule has 0 saturated heterocycles. The zero-order valence-corrected chi connectivity index (χ0v) is 14.0. The summed E-state index contributed by atoms with van der Waals surface area (Å²) in [5.41, 5.74) is 5.17. The number of rotatable bonds is 4. The van der Waals surface area contributed by atoms with E-state index in [1.54, 1.807) is 26.7 Å². The predicted octanol–water partition coefficient (Wildman–Crippen LogP) is 4.08. The number of aromatic nitrogens is 3. The van der Waals surface area contributed by atoms with E-state index in [-0.39, 0.29) is 0 Å². The highest BCUT2D eigenvalue weighted by Crippen LogP contribution is 2.34. The summed E-state index contributed by atoms with van der Waals surface area (Å²) in [6, 6.07) is 14.1. The summed E-state index contributed by atoms with van der Waals surface area (Å²) in [6.45, 7) is 0. The Balaban J connectivity index is 1.93. The summed E-state index contributed by atoms with van der Waals surface area (Å²) in [6.07, 6.45) is 7.43. The Morgan fingerprint density at radius 3 is 2.52 bits per heavy atom. The highest BCUT2D eigenvalue weighted by atomic mass is 16.5. The fraction of sp³-hybridized carbons (Fsp3) is 0.100. The molecular weight excluding hydrogens is 314 g/mol. The molecule has 3 heterocycles. The number of nitrogens with zero attached hydrogens (tertiary/aromatic N) is 3. The summed E-state index contributed by atoms with van der Waals surface area (Å²) in [5, 5.41) is 0. The molecule has 0 unspecified atom stereocenters. The minimum Gasteiger partial charge on any atom is -0.497 e. The third-order valence-electron chi connectivity index (χ3n) is 4.20. The van der Waals surface area contributed by atoms with E-state index in [0.717, 1.165) is 33.5 Å². The molecule has 25 heavy (non-hydrogen) atoms. The number of hydrogen-bond acceptors (Lipinski definition) is 4. The highest BCUT2D eigenvalue weighted by molar-refractivity contribution is 5.85. The van der Waals surface area contributed by atoms with Crippen molar-refractivity contribution >= 4 is 5.52 Å². The molecule has 5 heteroatoms. The molecule has 5 nitrogen and oxygen atoms in total. The van der Waals surface area contributed by atoms with Gasteiger partial charge in [0.15, 0.2) is 0 Å². The Bertz CT molecular complexity index is 1020. The number of benzene rings is 1. The normalized spacial score (nSPS) is 10.8. The standard InChI is InChI=1S/C20H17N3O2/c1-24-16-7-5-14(6-8-16)18-10-15(12-23-13-21-11-19(18)23)17-4-3-9-22-20(17)25-2/h3-13H,1-2H3. The molecule has 4 rings (SSSR count). The van der Waals surface area contributed by atoms with Crippen molar-refractivity contribution in [3.63, 3.8) is 0 Å². The van der Waals surface area contributed by atoms with Crippen LogP contribution in [0.4, 0.5) is 0 Å². The van der Waals surface area contributed by atoms with Crippen LogP contribution in [0.25, 0.3) is 27.8 Å². The Hall–Kier alpha value is -3.34. The van der Waals surface area contributed by atoms with Gasteiger partial charge in [-0.1, -0.05) is 12.1 Å². The van der Waals surface area contributed by atoms with Crippen LogP contribution < -0.4 is 9.47 Å². The fourth-order valence-electron chi connectivity index (χ4n) is 2.95. The SMILES string of the molecule is COc1ccc(-c2cc(-c3cccnc3OC)cn3cncc23)cc1. The van der Waals surface area contributed by atoms with Gasteiger partial charge in [0.2, 0.25) is 5.88 Å². The van der Waals surface area contributed by atoms with Gasteiger partial charge < -0.3 is 13.9 Å². The van der Waals surface area contributed by atoms with Gasteiger partial charge >= 0.3 is 0 Å². The van der Waals surface area contributed by atoms with Crippen molar-refractivity contribution in [1.29, 1.82) is 0 Å². The van der Waals surface area contributed by atoms with Crippen LogP contribution in [0, 0.1) is 0 Å². The molecule has 0 N–H and O–H groups in total. The maximum atomic E-state index is 5.42. The molecule has 0 radical (unpaired) electrons. The van der Waals surface area contributed by atoms with Crippen LogP contribution in [0.2, 0.25) is 0 Å². The average Bonchev–Trinajstić information content (AvgIpc) is 3.16. The molecule has 0 aliphatic carbocycles. The molecule has 1 aromatic carbocycles. The van der Waals surface area contributed by atoms with Gasteiger partial charge in [-0.2, -0.15) is 0 Å². The second-order valence-electron chi connectivity index (χ2n) is 5.62. The Labute approximate surface area is 145 Å². The molecule has 124 valence electrons. The Morgan fingerprint density at radius 2 is 1.76 bits per heavy atom. The molecule has 0 atom stereocenters. The number of imidazole rings is 1. The monoisotopic (exact) mass is 331 g/mol. The maximum Gasteiger partial charge on any atom is 0.221 e. The van der Waals surface area contributed by atoms with Crippen LogP contribution in [-0.2, 0) is 0 Å². The quantitative estimate of drug-likeness (QED) is 0.565. The highest BCUT2D eigenvalue weighted by Gasteiger charge is 2.12. The average molecular weight is 331 g/mol. The summed E-state index contributed by atoms with van der Waals surface area (Å²) >= 11 is 0. The van der Waals surface area contributed by atoms with Crippen molar-refractivity contribution in [3.05, 3.63) is 67.4 Å². The van der Waals surface area contributed by atoms with Gasteiger partial charge in [-0.25, -0.2) is 9.97 Å². The molecule has 0 amide bonds. The van der Waals surface area contributed by atoms with Crippen LogP contribution in [0.3, 0.4) is 0 Å². The second-order valence-corrected chi connectivity index (χ2v) is 5.62. The summed E-state index contributed by atoms with van der Waals surface area (Å²) in [5.74, 6) is 1.43. The summed E-state index contributed by atoms with van der Waals surface area (Å²) < 4.78 is 12.7. The van der Waals surface area contributed by atoms with E-state index in [4.69, 9.17) is 9.47 Å². The first-order valence-corrected chi connectivity index (χ1v) is 7.89. The van der Waals surface area contributed by atoms with Gasteiger partial charge in [0.1, 0.15) is 5.75 Å². The van der Waals surface area contributed by atoms with Crippen LogP contribution in [0.15, 0.2) is 67.4 Å². The minimum absolute atomic E-state index is 0.600. The van der Waals surface area contributed by atoms with E-state index in [0.29, 0.717) is 5.88 Å². The fourth-order valence-corrected chi connectivity index (χ4v) is 2.95. The van der Waals surface area contributed by atoms with Crippen molar-refractivity contribution in [3.8, 4) is 33.9 Å². The first-order valence-electron chi connectivity index (χ1n) is 7.89. The lowest BCUT2D eigenvalue weighted by atomic mass is 10.0. The lowest BCUT2D eigenvalue weighted by Gasteiger charge is -2.12. The Kier molecular flexibility index (Phi) is 3.82. The molecular formula is C20H17N3O2. The van der Waals surface area contributed by atoms with Crippen molar-refractivity contribution in [2.24, 2.45) is 0 Å². The largest absolute Gasteiger partial charge is 0.497 e. The van der Waals surface area contributed by atoms with E-state index < -0.39 is 0 Å². The zero-order valence-electron chi connectivity index (χ0n) is 14.0. The first kappa shape index (κ1) is 15.2. The van der Waals surface area contributed by atoms with Crippen LogP contribution in [-0.4, -0.2) is 28.6 Å². The third kappa shape index (κ3) is 2.70. The van der Waals surface area contributed by atoms with E-state index in [9.17, 15) is 0 Å². The van der Waals surface area contributed by atoms with Crippen LogP contribution in [0.1, 0.15) is 0 Å². The molecule has 0 fully saturated rings. The molecule has 0 saturated carbocycles. The van der Waals surface area contributed by atoms with Gasteiger partial charge in [-0.05, 0) is 35.9 Å². The van der Waals surface area contributed by atoms with Crippen molar-refractivity contribution in [1.82, 2.24) is 14.4 Å². The summed E-state index contributed by atoms with van der Waals surface area (Å²) in [7, 11) is 3.30. The molecule has 0 aliphatic heterocycles. The predicted molar refractivity (Wildman–Crippen MR) is 97.0 cm³/mol. The van der Waals surface area contributed by atoms with E-state index in [1.165, 1.54) is 0 Å². The lowest BCUT2D eigenvalue weighted by molar-refractivity contribution is 0.399. The zero-order chi connectivity index (χ0) is 17.2. The molecule has 0 bridgehead atoms. The van der Waals surface area contributed by atoms with Crippen molar-refractivity contribution in [2.75, 3.05) is 14.2 Å². The van der Waals surface area contributed by atoms with Gasteiger partial charge in [0.05, 0.1) is 32.3 Å². The molecule has 4 aromatic rings. The number of hydrogen-bond donors (Lipinski definition) is 0. The number of ether oxygens (including phenoxy) is 2. The van der Waals surface area contributed by atoms with Crippen molar-refractivity contribution < 1.29 is 9.47 Å². The molecule has 0 spiro atoms. The minimum atomic E-state index is 0.600. The number of methoxy groups -OCH3 is 2. The third-order valence-corrected chi connectivity index (χ3v) is 4.20. The Morgan fingerprint density at radius 1 is 0.920 bits per heavy atom. The smallest absolute Gasteiger partial charge is 0.221 e. The second kappa shape index (κ2) is 6.28. The van der Waals surface area contributed by atoms with Gasteiger partial charge in [0, 0.05) is 29.1 Å². The maximum absolute atomic E-state index is 5.42. The molecule has 0 aliphatic rings. The topological polar surface area (TPSA) is 48.7 Å². The van der Waals surface area contributed by atoms with Gasteiger partial charge in [0.25, 0.3) is 0 Å². The van der Waals surface area contributed by atoms with E-state index in [1.807, 2.05) is 53.2 Å². The van der Waals surface area contributed by atoms with E-state index in [2.05, 4.69) is 16.0 Å². The number of fused-ring (bicyclic) bond motifs is 1. The van der Waals surface area contributed by atoms with E-state index >= 15 is 0 Å². The van der Waals surface area contributed by atoms with Gasteiger partial charge in [-0.15, -0.1) is 0 Å². The van der Waals surface area contributed by atoms with Crippen LogP contribution in [0.5, 0.6) is 11.6 Å². The van der Waals surface area contributed by atoms with Crippen LogP contribution >= 0.6 is 0 Å². The van der Waals surface area contributed by atoms with Gasteiger partial charge in [-0.3, -0.25) is 0 Å². The van der Waals surface area contributed by atoms with Crippen molar-refractivity contribution in [2.45, 2.75) is 0 Å².